The van der Waals surface area contributed by atoms with E-state index in [1.807, 2.05) is 6.92 Å². The number of carbonyl (C=O) groups is 2. The van der Waals surface area contributed by atoms with E-state index in [0.717, 1.165) is 25.7 Å². The number of hydrogen-bond donors (Lipinski definition) is 3. The second-order valence-electron chi connectivity index (χ2n) is 5.74. The van der Waals surface area contributed by atoms with Crippen molar-refractivity contribution in [1.29, 1.82) is 0 Å². The fraction of sp³-hybridized carbons (Fsp3) is 0.467. The van der Waals surface area contributed by atoms with Gasteiger partial charge < -0.3 is 16.8 Å². The smallest absolute Gasteiger partial charge is 0.248 e. The van der Waals surface area contributed by atoms with Crippen LogP contribution in [-0.2, 0) is 4.79 Å². The normalized spacial score (nSPS) is 26.0. The molecule has 0 heterocycles. The number of hydrogen-bond acceptors (Lipinski definition) is 3. The molecule has 1 aromatic rings. The lowest BCUT2D eigenvalue weighted by Gasteiger charge is -2.37. The first kappa shape index (κ1) is 14.5. The summed E-state index contributed by atoms with van der Waals surface area (Å²) in [5.41, 5.74) is 11.9. The predicted molar refractivity (Wildman–Crippen MR) is 78.1 cm³/mol. The zero-order valence-electron chi connectivity index (χ0n) is 11.7. The molecule has 1 aromatic carbocycles. The van der Waals surface area contributed by atoms with Crippen LogP contribution in [0.1, 0.15) is 43.0 Å². The third kappa shape index (κ3) is 3.17. The van der Waals surface area contributed by atoms with Crippen LogP contribution < -0.4 is 16.8 Å². The summed E-state index contributed by atoms with van der Waals surface area (Å²) >= 11 is 0. The molecule has 0 aromatic heterocycles. The Morgan fingerprint density at radius 3 is 2.75 bits per heavy atom. The molecule has 2 amide bonds. The molecule has 2 atom stereocenters. The lowest BCUT2D eigenvalue weighted by molar-refractivity contribution is -0.122. The minimum atomic E-state index is -0.512. The Bertz CT molecular complexity index is 526. The molecule has 108 valence electrons. The van der Waals surface area contributed by atoms with E-state index in [-0.39, 0.29) is 11.8 Å². The number of nitrogens with one attached hydrogen (secondary N) is 1. The van der Waals surface area contributed by atoms with Crippen molar-refractivity contribution in [2.75, 3.05) is 5.32 Å². The number of amides is 2. The average Bonchev–Trinajstić information content (AvgIpc) is 2.38. The molecular formula is C15H21N3O2. The second kappa shape index (κ2) is 5.63. The molecule has 20 heavy (non-hydrogen) atoms. The molecule has 0 spiro atoms. The van der Waals surface area contributed by atoms with Crippen molar-refractivity contribution in [3.05, 3.63) is 29.8 Å². The summed E-state index contributed by atoms with van der Waals surface area (Å²) in [5.74, 6) is -0.799. The van der Waals surface area contributed by atoms with Gasteiger partial charge in [-0.05, 0) is 38.0 Å². The summed E-state index contributed by atoms with van der Waals surface area (Å²) in [5, 5.41) is 2.84. The van der Waals surface area contributed by atoms with Crippen LogP contribution in [0.4, 0.5) is 5.69 Å². The van der Waals surface area contributed by atoms with Gasteiger partial charge >= 0.3 is 0 Å². The fourth-order valence-electron chi connectivity index (χ4n) is 2.77. The van der Waals surface area contributed by atoms with Gasteiger partial charge in [0.2, 0.25) is 11.8 Å². The summed E-state index contributed by atoms with van der Waals surface area (Å²) in [6.45, 7) is 1.93. The first-order valence-corrected chi connectivity index (χ1v) is 6.90. The Morgan fingerprint density at radius 2 is 2.10 bits per heavy atom. The molecule has 1 fully saturated rings. The van der Waals surface area contributed by atoms with Crippen molar-refractivity contribution in [1.82, 2.24) is 0 Å². The van der Waals surface area contributed by atoms with Crippen molar-refractivity contribution < 1.29 is 9.59 Å². The van der Waals surface area contributed by atoms with Gasteiger partial charge in [0.1, 0.15) is 0 Å². The van der Waals surface area contributed by atoms with Gasteiger partial charge in [-0.25, -0.2) is 0 Å². The number of primary amides is 1. The van der Waals surface area contributed by atoms with Crippen LogP contribution in [-0.4, -0.2) is 17.4 Å². The van der Waals surface area contributed by atoms with E-state index in [0.29, 0.717) is 11.3 Å². The van der Waals surface area contributed by atoms with E-state index in [1.165, 1.54) is 0 Å². The molecule has 2 rings (SSSR count). The van der Waals surface area contributed by atoms with E-state index in [4.69, 9.17) is 11.5 Å². The van der Waals surface area contributed by atoms with Crippen LogP contribution in [0.2, 0.25) is 0 Å². The molecule has 5 heteroatoms. The summed E-state index contributed by atoms with van der Waals surface area (Å²) in [6, 6.07) is 6.63. The maximum absolute atomic E-state index is 12.4. The van der Waals surface area contributed by atoms with Crippen LogP contribution >= 0.6 is 0 Å². The molecule has 5 nitrogen and oxygen atoms in total. The first-order chi connectivity index (χ1) is 9.40. The van der Waals surface area contributed by atoms with E-state index < -0.39 is 11.4 Å². The van der Waals surface area contributed by atoms with Gasteiger partial charge in [0, 0.05) is 16.8 Å². The second-order valence-corrected chi connectivity index (χ2v) is 5.74. The molecular weight excluding hydrogens is 254 g/mol. The zero-order valence-corrected chi connectivity index (χ0v) is 11.7. The highest BCUT2D eigenvalue weighted by atomic mass is 16.2. The van der Waals surface area contributed by atoms with Gasteiger partial charge in [0.15, 0.2) is 0 Å². The van der Waals surface area contributed by atoms with Crippen LogP contribution in [0.25, 0.3) is 0 Å². The Hall–Kier alpha value is -1.88. The average molecular weight is 275 g/mol. The third-order valence-corrected chi connectivity index (χ3v) is 3.99. The fourth-order valence-corrected chi connectivity index (χ4v) is 2.77. The van der Waals surface area contributed by atoms with Gasteiger partial charge in [-0.15, -0.1) is 0 Å². The largest absolute Gasteiger partial charge is 0.366 e. The maximum Gasteiger partial charge on any atom is 0.248 e. The maximum atomic E-state index is 12.4. The summed E-state index contributed by atoms with van der Waals surface area (Å²) in [4.78, 5) is 23.5. The highest BCUT2D eigenvalue weighted by Gasteiger charge is 2.37. The molecule has 1 aliphatic rings. The van der Waals surface area contributed by atoms with Gasteiger partial charge in [-0.1, -0.05) is 18.9 Å². The summed E-state index contributed by atoms with van der Waals surface area (Å²) in [7, 11) is 0. The summed E-state index contributed by atoms with van der Waals surface area (Å²) in [6.07, 6.45) is 3.74. The number of anilines is 1. The van der Waals surface area contributed by atoms with E-state index in [9.17, 15) is 9.59 Å². The first-order valence-electron chi connectivity index (χ1n) is 6.90. The van der Waals surface area contributed by atoms with Crippen molar-refractivity contribution >= 4 is 17.5 Å². The lowest BCUT2D eigenvalue weighted by Crippen LogP contribution is -2.51. The van der Waals surface area contributed by atoms with E-state index >= 15 is 0 Å². The van der Waals surface area contributed by atoms with Crippen molar-refractivity contribution in [3.8, 4) is 0 Å². The molecule has 0 radical (unpaired) electrons. The van der Waals surface area contributed by atoms with Crippen LogP contribution in [0.3, 0.4) is 0 Å². The molecule has 5 N–H and O–H groups in total. The van der Waals surface area contributed by atoms with Crippen LogP contribution in [0, 0.1) is 5.92 Å². The minimum Gasteiger partial charge on any atom is -0.366 e. The molecule has 0 bridgehead atoms. The highest BCUT2D eigenvalue weighted by Crippen LogP contribution is 2.32. The minimum absolute atomic E-state index is 0.0867. The van der Waals surface area contributed by atoms with Gasteiger partial charge in [0.25, 0.3) is 0 Å². The molecule has 0 saturated heterocycles. The Balaban J connectivity index is 2.11. The van der Waals surface area contributed by atoms with E-state index in [2.05, 4.69) is 5.32 Å². The molecule has 1 saturated carbocycles. The number of benzene rings is 1. The summed E-state index contributed by atoms with van der Waals surface area (Å²) < 4.78 is 0. The topological polar surface area (TPSA) is 98.2 Å². The SMILES string of the molecule is CC1(N)CCCCC1C(=O)Nc1cccc(C(N)=O)c1. The lowest BCUT2D eigenvalue weighted by atomic mass is 9.74. The van der Waals surface area contributed by atoms with Crippen molar-refractivity contribution in [2.24, 2.45) is 17.4 Å². The van der Waals surface area contributed by atoms with Crippen LogP contribution in [0.5, 0.6) is 0 Å². The predicted octanol–water partition coefficient (Wildman–Crippen LogP) is 1.63. The third-order valence-electron chi connectivity index (χ3n) is 3.99. The Morgan fingerprint density at radius 1 is 1.35 bits per heavy atom. The van der Waals surface area contributed by atoms with Gasteiger partial charge in [0.05, 0.1) is 5.92 Å². The molecule has 0 aliphatic heterocycles. The van der Waals surface area contributed by atoms with Crippen LogP contribution in [0.15, 0.2) is 24.3 Å². The van der Waals surface area contributed by atoms with Crippen molar-refractivity contribution in [3.63, 3.8) is 0 Å². The molecule has 2 unspecified atom stereocenters. The Kier molecular flexibility index (Phi) is 4.09. The Labute approximate surface area is 118 Å². The number of carbonyl (C=O) groups excluding carboxylic acids is 2. The van der Waals surface area contributed by atoms with Gasteiger partial charge in [-0.3, -0.25) is 9.59 Å². The number of rotatable bonds is 3. The monoisotopic (exact) mass is 275 g/mol. The van der Waals surface area contributed by atoms with Gasteiger partial charge in [-0.2, -0.15) is 0 Å². The highest BCUT2D eigenvalue weighted by molar-refractivity contribution is 5.97. The zero-order chi connectivity index (χ0) is 14.8. The van der Waals surface area contributed by atoms with E-state index in [1.54, 1.807) is 24.3 Å². The van der Waals surface area contributed by atoms with Crippen molar-refractivity contribution in [2.45, 2.75) is 38.1 Å². The standard InChI is InChI=1S/C15H21N3O2/c1-15(17)8-3-2-7-12(15)14(20)18-11-6-4-5-10(9-11)13(16)19/h4-6,9,12H,2-3,7-8,17H2,1H3,(H2,16,19)(H,18,20). The quantitative estimate of drug-likeness (QED) is 0.782. The molecule has 1 aliphatic carbocycles. The number of nitrogens with two attached hydrogens (primary N) is 2.